The summed E-state index contributed by atoms with van der Waals surface area (Å²) < 4.78 is 0. The van der Waals surface area contributed by atoms with Crippen LogP contribution in [0, 0.1) is 0 Å². The van der Waals surface area contributed by atoms with Gasteiger partial charge in [-0.1, -0.05) is 30.3 Å². The number of rotatable bonds is 3. The summed E-state index contributed by atoms with van der Waals surface area (Å²) in [7, 11) is 0. The monoisotopic (exact) mass is 242 g/mol. The molecule has 0 amide bonds. The number of aromatic nitrogens is 1. The van der Waals surface area contributed by atoms with Crippen molar-refractivity contribution in [3.63, 3.8) is 0 Å². The van der Waals surface area contributed by atoms with Crippen LogP contribution in [-0.2, 0) is 26.1 Å². The van der Waals surface area contributed by atoms with E-state index in [1.807, 2.05) is 0 Å². The normalized spacial score (nSPS) is 15.6. The maximum Gasteiger partial charge on any atom is 0.0830 e. The fourth-order valence-corrected chi connectivity index (χ4v) is 2.62. The lowest BCUT2D eigenvalue weighted by atomic mass is 10.1. The molecular formula is C15H18N2O. The third-order valence-corrected chi connectivity index (χ3v) is 3.54. The lowest BCUT2D eigenvalue weighted by Gasteiger charge is -2.26. The predicted molar refractivity (Wildman–Crippen MR) is 71.0 cm³/mol. The maximum absolute atomic E-state index is 9.14. The van der Waals surface area contributed by atoms with Crippen molar-refractivity contribution in [3.8, 4) is 0 Å². The van der Waals surface area contributed by atoms with Gasteiger partial charge in [-0.15, -0.1) is 0 Å². The fourth-order valence-electron chi connectivity index (χ4n) is 2.62. The summed E-state index contributed by atoms with van der Waals surface area (Å²) in [5, 5.41) is 9.14. The maximum atomic E-state index is 9.14. The van der Waals surface area contributed by atoms with Crippen molar-refractivity contribution in [2.45, 2.75) is 26.1 Å². The number of hydrogen-bond donors (Lipinski definition) is 2. The standard InChI is InChI=1S/C15H18N2O/c18-11-14-8-13-10-17(7-6-15(13)16-14)9-12-4-2-1-3-5-12/h1-5,8,16,18H,6-7,9-11H2. The number of aliphatic hydroxyl groups is 1. The van der Waals surface area contributed by atoms with Gasteiger partial charge in [-0.05, 0) is 17.2 Å². The molecule has 1 aromatic carbocycles. The number of aliphatic hydroxyl groups excluding tert-OH is 1. The Morgan fingerprint density at radius 1 is 1.22 bits per heavy atom. The van der Waals surface area contributed by atoms with Gasteiger partial charge in [0.05, 0.1) is 6.61 Å². The second-order valence-electron chi connectivity index (χ2n) is 4.90. The van der Waals surface area contributed by atoms with Crippen LogP contribution in [0.25, 0.3) is 0 Å². The molecule has 2 heterocycles. The Bertz CT molecular complexity index is 519. The summed E-state index contributed by atoms with van der Waals surface area (Å²) >= 11 is 0. The summed E-state index contributed by atoms with van der Waals surface area (Å²) in [6.07, 6.45) is 1.04. The van der Waals surface area contributed by atoms with Gasteiger partial charge >= 0.3 is 0 Å². The van der Waals surface area contributed by atoms with E-state index in [9.17, 15) is 0 Å². The van der Waals surface area contributed by atoms with Gasteiger partial charge in [0.15, 0.2) is 0 Å². The Morgan fingerprint density at radius 2 is 2.06 bits per heavy atom. The molecule has 0 unspecified atom stereocenters. The number of benzene rings is 1. The third kappa shape index (κ3) is 2.33. The van der Waals surface area contributed by atoms with Gasteiger partial charge in [-0.2, -0.15) is 0 Å². The summed E-state index contributed by atoms with van der Waals surface area (Å²) in [5.41, 5.74) is 4.92. The zero-order valence-corrected chi connectivity index (χ0v) is 10.4. The highest BCUT2D eigenvalue weighted by Gasteiger charge is 2.18. The Hall–Kier alpha value is -1.58. The van der Waals surface area contributed by atoms with Crippen LogP contribution in [0.5, 0.6) is 0 Å². The molecule has 3 rings (SSSR count). The van der Waals surface area contributed by atoms with E-state index in [1.54, 1.807) is 0 Å². The van der Waals surface area contributed by atoms with Gasteiger partial charge in [0.2, 0.25) is 0 Å². The number of nitrogens with zero attached hydrogens (tertiary/aromatic N) is 1. The Kier molecular flexibility index (Phi) is 3.17. The third-order valence-electron chi connectivity index (χ3n) is 3.54. The molecule has 0 atom stereocenters. The van der Waals surface area contributed by atoms with E-state index in [1.165, 1.54) is 16.8 Å². The van der Waals surface area contributed by atoms with E-state index in [2.05, 4.69) is 46.3 Å². The van der Waals surface area contributed by atoms with Crippen molar-refractivity contribution in [1.29, 1.82) is 0 Å². The predicted octanol–water partition coefficient (Wildman–Crippen LogP) is 2.07. The van der Waals surface area contributed by atoms with Crippen LogP contribution in [0.1, 0.15) is 22.5 Å². The lowest BCUT2D eigenvalue weighted by molar-refractivity contribution is 0.244. The minimum atomic E-state index is 0.103. The number of aromatic amines is 1. The summed E-state index contributed by atoms with van der Waals surface area (Å²) in [5.74, 6) is 0. The van der Waals surface area contributed by atoms with E-state index in [0.717, 1.165) is 31.7 Å². The molecule has 3 heteroatoms. The van der Waals surface area contributed by atoms with Gasteiger partial charge in [0.25, 0.3) is 0 Å². The van der Waals surface area contributed by atoms with Crippen LogP contribution in [0.15, 0.2) is 36.4 Å². The van der Waals surface area contributed by atoms with Crippen LogP contribution in [0.4, 0.5) is 0 Å². The van der Waals surface area contributed by atoms with Crippen molar-refractivity contribution in [2.75, 3.05) is 6.54 Å². The van der Waals surface area contributed by atoms with E-state index in [0.29, 0.717) is 0 Å². The summed E-state index contributed by atoms with van der Waals surface area (Å²) in [4.78, 5) is 5.74. The van der Waals surface area contributed by atoms with E-state index in [4.69, 9.17) is 5.11 Å². The van der Waals surface area contributed by atoms with Gasteiger partial charge in [0, 0.05) is 37.4 Å². The van der Waals surface area contributed by atoms with Gasteiger partial charge < -0.3 is 10.1 Å². The van der Waals surface area contributed by atoms with Crippen LogP contribution in [-0.4, -0.2) is 21.5 Å². The van der Waals surface area contributed by atoms with Crippen molar-refractivity contribution in [3.05, 3.63) is 58.9 Å². The number of fused-ring (bicyclic) bond motifs is 1. The Labute approximate surface area is 107 Å². The average Bonchev–Trinajstić information content (AvgIpc) is 2.82. The highest BCUT2D eigenvalue weighted by Crippen LogP contribution is 2.21. The zero-order chi connectivity index (χ0) is 12.4. The Balaban J connectivity index is 1.71. The molecule has 0 radical (unpaired) electrons. The van der Waals surface area contributed by atoms with Crippen molar-refractivity contribution in [2.24, 2.45) is 0 Å². The topological polar surface area (TPSA) is 39.3 Å². The van der Waals surface area contributed by atoms with Gasteiger partial charge in [-0.3, -0.25) is 4.90 Å². The second-order valence-corrected chi connectivity index (χ2v) is 4.90. The second kappa shape index (κ2) is 4.96. The largest absolute Gasteiger partial charge is 0.390 e. The van der Waals surface area contributed by atoms with Crippen LogP contribution in [0.2, 0.25) is 0 Å². The number of hydrogen-bond acceptors (Lipinski definition) is 2. The average molecular weight is 242 g/mol. The van der Waals surface area contributed by atoms with E-state index in [-0.39, 0.29) is 6.61 Å². The SMILES string of the molecule is OCc1cc2c([nH]1)CCN(Cc1ccccc1)C2. The first-order chi connectivity index (χ1) is 8.85. The fraction of sp³-hybridized carbons (Fsp3) is 0.333. The first kappa shape index (κ1) is 11.5. The first-order valence-corrected chi connectivity index (χ1v) is 6.42. The highest BCUT2D eigenvalue weighted by molar-refractivity contribution is 5.28. The molecular weight excluding hydrogens is 224 g/mol. The first-order valence-electron chi connectivity index (χ1n) is 6.42. The van der Waals surface area contributed by atoms with Crippen LogP contribution in [0.3, 0.4) is 0 Å². The molecule has 3 nitrogen and oxygen atoms in total. The van der Waals surface area contributed by atoms with Crippen molar-refractivity contribution in [1.82, 2.24) is 9.88 Å². The smallest absolute Gasteiger partial charge is 0.0830 e. The molecule has 1 aliphatic heterocycles. The van der Waals surface area contributed by atoms with Crippen molar-refractivity contribution < 1.29 is 5.11 Å². The molecule has 0 saturated carbocycles. The molecule has 0 bridgehead atoms. The molecule has 18 heavy (non-hydrogen) atoms. The molecule has 0 saturated heterocycles. The van der Waals surface area contributed by atoms with Crippen LogP contribution < -0.4 is 0 Å². The molecule has 2 N–H and O–H groups in total. The molecule has 0 fully saturated rings. The highest BCUT2D eigenvalue weighted by atomic mass is 16.3. The van der Waals surface area contributed by atoms with E-state index < -0.39 is 0 Å². The molecule has 0 aliphatic carbocycles. The Morgan fingerprint density at radius 3 is 2.83 bits per heavy atom. The molecule has 1 aromatic heterocycles. The minimum Gasteiger partial charge on any atom is -0.390 e. The summed E-state index contributed by atoms with van der Waals surface area (Å²) in [6.45, 7) is 3.15. The molecule has 0 spiro atoms. The van der Waals surface area contributed by atoms with Gasteiger partial charge in [0.1, 0.15) is 0 Å². The quantitative estimate of drug-likeness (QED) is 0.865. The van der Waals surface area contributed by atoms with Crippen molar-refractivity contribution >= 4 is 0 Å². The number of nitrogens with one attached hydrogen (secondary N) is 1. The number of H-pyrrole nitrogens is 1. The molecule has 2 aromatic rings. The van der Waals surface area contributed by atoms with Gasteiger partial charge in [-0.25, -0.2) is 0 Å². The zero-order valence-electron chi connectivity index (χ0n) is 10.4. The molecule has 1 aliphatic rings. The minimum absolute atomic E-state index is 0.103. The molecule has 94 valence electrons. The summed E-state index contributed by atoms with van der Waals surface area (Å²) in [6, 6.07) is 12.7. The lowest BCUT2D eigenvalue weighted by Crippen LogP contribution is -2.29. The van der Waals surface area contributed by atoms with E-state index >= 15 is 0 Å². The van der Waals surface area contributed by atoms with Crippen LogP contribution >= 0.6 is 0 Å².